The van der Waals surface area contributed by atoms with Crippen LogP contribution in [0.1, 0.15) is 29.3 Å². The molecule has 1 rings (SSSR count). The maximum absolute atomic E-state index is 12.3. The van der Waals surface area contributed by atoms with E-state index >= 15 is 0 Å². The average molecular weight is 284 g/mol. The fourth-order valence-corrected chi connectivity index (χ4v) is 1.89. The third kappa shape index (κ3) is 3.61. The van der Waals surface area contributed by atoms with Gasteiger partial charge >= 0.3 is 0 Å². The summed E-state index contributed by atoms with van der Waals surface area (Å²) in [4.78, 5) is 13.9. The molecule has 0 aliphatic heterocycles. The van der Waals surface area contributed by atoms with Crippen molar-refractivity contribution < 1.29 is 10.0 Å². The smallest absolute Gasteiger partial charge is 0.255 e. The summed E-state index contributed by atoms with van der Waals surface area (Å²) in [5, 5.41) is 11.9. The zero-order valence-corrected chi connectivity index (χ0v) is 12.0. The lowest BCUT2D eigenvalue weighted by Crippen LogP contribution is -2.38. The highest BCUT2D eigenvalue weighted by atomic mass is 35.5. The van der Waals surface area contributed by atoms with E-state index < -0.39 is 0 Å². The van der Waals surface area contributed by atoms with E-state index in [2.05, 4.69) is 5.16 Å². The standard InChI is InChI=1S/C13H18ClN3O2/c1-8-5-4-6-10(12(8)14)13(18)17(3)9(2)7-11(15)16-19/h4-6,9,19H,7H2,1-3H3,(H2,15,16). The lowest BCUT2D eigenvalue weighted by molar-refractivity contribution is 0.0747. The van der Waals surface area contributed by atoms with Crippen molar-refractivity contribution in [2.75, 3.05) is 7.05 Å². The monoisotopic (exact) mass is 283 g/mol. The normalized spacial score (nSPS) is 13.2. The number of rotatable bonds is 4. The number of hydrogen-bond acceptors (Lipinski definition) is 3. The van der Waals surface area contributed by atoms with Crippen LogP contribution >= 0.6 is 11.6 Å². The van der Waals surface area contributed by atoms with Crippen LogP contribution in [0.3, 0.4) is 0 Å². The maximum atomic E-state index is 12.3. The molecule has 1 amide bonds. The molecule has 0 bridgehead atoms. The number of benzene rings is 1. The first-order valence-corrected chi connectivity index (χ1v) is 6.25. The highest BCUT2D eigenvalue weighted by Crippen LogP contribution is 2.22. The van der Waals surface area contributed by atoms with Crippen LogP contribution < -0.4 is 5.73 Å². The third-order valence-electron chi connectivity index (χ3n) is 3.04. The highest BCUT2D eigenvalue weighted by Gasteiger charge is 2.21. The quantitative estimate of drug-likeness (QED) is 0.385. The highest BCUT2D eigenvalue weighted by molar-refractivity contribution is 6.34. The van der Waals surface area contributed by atoms with Gasteiger partial charge in [0.05, 0.1) is 10.6 Å². The Morgan fingerprint density at radius 2 is 2.21 bits per heavy atom. The van der Waals surface area contributed by atoms with Gasteiger partial charge in [-0.3, -0.25) is 4.79 Å². The number of amides is 1. The Balaban J connectivity index is 2.90. The minimum absolute atomic E-state index is 0.0856. The second kappa shape index (κ2) is 6.43. The van der Waals surface area contributed by atoms with Gasteiger partial charge in [-0.15, -0.1) is 0 Å². The Kier molecular flexibility index (Phi) is 5.18. The fourth-order valence-electron chi connectivity index (χ4n) is 1.68. The lowest BCUT2D eigenvalue weighted by atomic mass is 10.1. The number of hydrogen-bond donors (Lipinski definition) is 2. The van der Waals surface area contributed by atoms with Crippen LogP contribution in [0.4, 0.5) is 0 Å². The van der Waals surface area contributed by atoms with E-state index in [9.17, 15) is 4.79 Å². The van der Waals surface area contributed by atoms with E-state index in [0.29, 0.717) is 17.0 Å². The molecule has 6 heteroatoms. The van der Waals surface area contributed by atoms with Gasteiger partial charge in [0.2, 0.25) is 0 Å². The molecule has 3 N–H and O–H groups in total. The van der Waals surface area contributed by atoms with Crippen molar-refractivity contribution in [1.82, 2.24) is 4.90 Å². The molecule has 1 atom stereocenters. The fraction of sp³-hybridized carbons (Fsp3) is 0.385. The van der Waals surface area contributed by atoms with Crippen LogP contribution in [-0.4, -0.2) is 34.9 Å². The van der Waals surface area contributed by atoms with Gasteiger partial charge in [0, 0.05) is 19.5 Å². The van der Waals surface area contributed by atoms with Crippen LogP contribution in [0.5, 0.6) is 0 Å². The molecule has 5 nitrogen and oxygen atoms in total. The summed E-state index contributed by atoms with van der Waals surface area (Å²) in [6, 6.07) is 5.12. The van der Waals surface area contributed by atoms with Crippen molar-refractivity contribution in [3.05, 3.63) is 34.3 Å². The molecule has 1 aromatic carbocycles. The predicted molar refractivity (Wildman–Crippen MR) is 75.8 cm³/mol. The third-order valence-corrected chi connectivity index (χ3v) is 3.54. The zero-order chi connectivity index (χ0) is 14.6. The second-order valence-corrected chi connectivity index (χ2v) is 4.87. The lowest BCUT2D eigenvalue weighted by Gasteiger charge is -2.25. The summed E-state index contributed by atoms with van der Waals surface area (Å²) in [7, 11) is 1.66. The predicted octanol–water partition coefficient (Wildman–Crippen LogP) is 2.25. The van der Waals surface area contributed by atoms with Crippen LogP contribution in [0, 0.1) is 6.92 Å². The second-order valence-electron chi connectivity index (χ2n) is 4.50. The molecule has 19 heavy (non-hydrogen) atoms. The van der Waals surface area contributed by atoms with E-state index in [1.54, 1.807) is 19.2 Å². The summed E-state index contributed by atoms with van der Waals surface area (Å²) in [6.07, 6.45) is 0.294. The number of nitrogens with zero attached hydrogens (tertiary/aromatic N) is 2. The minimum Gasteiger partial charge on any atom is -0.409 e. The number of amidine groups is 1. The number of carbonyl (C=O) groups is 1. The van der Waals surface area contributed by atoms with E-state index in [1.165, 1.54) is 4.90 Å². The van der Waals surface area contributed by atoms with Gasteiger partial charge in [-0.2, -0.15) is 0 Å². The number of oxime groups is 1. The molecule has 0 radical (unpaired) electrons. The van der Waals surface area contributed by atoms with Crippen LogP contribution in [-0.2, 0) is 0 Å². The van der Waals surface area contributed by atoms with Crippen LogP contribution in [0.25, 0.3) is 0 Å². The Morgan fingerprint density at radius 3 is 2.79 bits per heavy atom. The average Bonchev–Trinajstić information content (AvgIpc) is 2.39. The molecule has 0 saturated carbocycles. The number of aryl methyl sites for hydroxylation is 1. The van der Waals surface area contributed by atoms with Gasteiger partial charge in [0.15, 0.2) is 0 Å². The molecule has 0 saturated heterocycles. The van der Waals surface area contributed by atoms with Crippen molar-refractivity contribution in [3.63, 3.8) is 0 Å². The molecular weight excluding hydrogens is 266 g/mol. The summed E-state index contributed by atoms with van der Waals surface area (Å²) in [6.45, 7) is 3.67. The first-order chi connectivity index (χ1) is 8.88. The van der Waals surface area contributed by atoms with Crippen molar-refractivity contribution in [1.29, 1.82) is 0 Å². The first kappa shape index (κ1) is 15.3. The molecule has 0 spiro atoms. The Labute approximate surface area is 117 Å². The van der Waals surface area contributed by atoms with Crippen molar-refractivity contribution >= 4 is 23.3 Å². The maximum Gasteiger partial charge on any atom is 0.255 e. The summed E-state index contributed by atoms with van der Waals surface area (Å²) in [5.41, 5.74) is 6.75. The zero-order valence-electron chi connectivity index (χ0n) is 11.2. The number of carbonyl (C=O) groups excluding carboxylic acids is 1. The van der Waals surface area contributed by atoms with Crippen LogP contribution in [0.2, 0.25) is 5.02 Å². The Morgan fingerprint density at radius 1 is 1.58 bits per heavy atom. The molecule has 0 aromatic heterocycles. The molecular formula is C13H18ClN3O2. The van der Waals surface area contributed by atoms with Crippen molar-refractivity contribution in [2.24, 2.45) is 10.9 Å². The Hall–Kier alpha value is -1.75. The van der Waals surface area contributed by atoms with E-state index in [-0.39, 0.29) is 17.8 Å². The molecule has 0 aliphatic carbocycles. The van der Waals surface area contributed by atoms with Gasteiger partial charge in [-0.05, 0) is 25.5 Å². The van der Waals surface area contributed by atoms with Crippen LogP contribution in [0.15, 0.2) is 23.4 Å². The summed E-state index contributed by atoms with van der Waals surface area (Å²) >= 11 is 6.13. The Bertz CT molecular complexity index is 503. The molecule has 1 aromatic rings. The van der Waals surface area contributed by atoms with Gasteiger partial charge in [-0.25, -0.2) is 0 Å². The molecule has 0 aliphatic rings. The van der Waals surface area contributed by atoms with Crippen molar-refractivity contribution in [2.45, 2.75) is 26.3 Å². The van der Waals surface area contributed by atoms with Gasteiger partial charge < -0.3 is 15.8 Å². The van der Waals surface area contributed by atoms with E-state index in [4.69, 9.17) is 22.5 Å². The van der Waals surface area contributed by atoms with Crippen molar-refractivity contribution in [3.8, 4) is 0 Å². The summed E-state index contributed by atoms with van der Waals surface area (Å²) in [5.74, 6) is -0.102. The van der Waals surface area contributed by atoms with Gasteiger partial charge in [0.25, 0.3) is 5.91 Å². The number of halogens is 1. The van der Waals surface area contributed by atoms with Gasteiger partial charge in [-0.1, -0.05) is 28.9 Å². The van der Waals surface area contributed by atoms with E-state index in [0.717, 1.165) is 5.56 Å². The minimum atomic E-state index is -0.194. The molecule has 1 unspecified atom stereocenters. The number of nitrogens with two attached hydrogens (primary N) is 1. The SMILES string of the molecule is Cc1cccc(C(=O)N(C)C(C)C/C(N)=N/O)c1Cl. The summed E-state index contributed by atoms with van der Waals surface area (Å²) < 4.78 is 0. The molecule has 104 valence electrons. The molecule has 0 heterocycles. The van der Waals surface area contributed by atoms with E-state index in [1.807, 2.05) is 19.9 Å². The van der Waals surface area contributed by atoms with Gasteiger partial charge in [0.1, 0.15) is 5.84 Å². The largest absolute Gasteiger partial charge is 0.409 e. The topological polar surface area (TPSA) is 78.9 Å². The molecule has 0 fully saturated rings. The first-order valence-electron chi connectivity index (χ1n) is 5.87.